The van der Waals surface area contributed by atoms with Gasteiger partial charge in [-0.1, -0.05) is 0 Å². The van der Waals surface area contributed by atoms with Crippen LogP contribution in [0, 0.1) is 11.3 Å². The van der Waals surface area contributed by atoms with Crippen LogP contribution in [0.4, 0.5) is 0 Å². The zero-order chi connectivity index (χ0) is 9.97. The molecule has 0 saturated heterocycles. The van der Waals surface area contributed by atoms with Crippen LogP contribution in [0.3, 0.4) is 0 Å². The topological polar surface area (TPSA) is 45.9 Å². The summed E-state index contributed by atoms with van der Waals surface area (Å²) in [5, 5.41) is 8.62. The van der Waals surface area contributed by atoms with Gasteiger partial charge in [-0.3, -0.25) is 0 Å². The third-order valence-corrected chi connectivity index (χ3v) is 2.37. The highest BCUT2D eigenvalue weighted by atomic mass is 16.5. The van der Waals surface area contributed by atoms with Crippen LogP contribution in [0.1, 0.15) is 30.0 Å². The van der Waals surface area contributed by atoms with E-state index in [0.29, 0.717) is 18.2 Å². The van der Waals surface area contributed by atoms with Crippen LogP contribution < -0.4 is 4.74 Å². The molecule has 1 fully saturated rings. The van der Waals surface area contributed by atoms with Crippen LogP contribution in [0.5, 0.6) is 5.88 Å². The van der Waals surface area contributed by atoms with Crippen LogP contribution >= 0.6 is 0 Å². The molecule has 1 aromatic heterocycles. The van der Waals surface area contributed by atoms with E-state index < -0.39 is 0 Å². The van der Waals surface area contributed by atoms with Gasteiger partial charge in [0.1, 0.15) is 0 Å². The second-order valence-corrected chi connectivity index (χ2v) is 3.55. The molecule has 14 heavy (non-hydrogen) atoms. The maximum absolute atomic E-state index is 8.62. The summed E-state index contributed by atoms with van der Waals surface area (Å²) < 4.78 is 5.10. The van der Waals surface area contributed by atoms with Gasteiger partial charge in [-0.15, -0.1) is 0 Å². The maximum Gasteiger partial charge on any atom is 0.213 e. The van der Waals surface area contributed by atoms with Gasteiger partial charge in [-0.05, 0) is 24.5 Å². The lowest BCUT2D eigenvalue weighted by atomic mass is 10.1. The maximum atomic E-state index is 8.62. The van der Waals surface area contributed by atoms with Crippen LogP contribution in [0.2, 0.25) is 0 Å². The standard InChI is InChI=1S/C11H12N2O/c1-14-11-7-8(4-5-12)6-10(13-11)9-2-3-9/h6-7,9H,2-4H2,1H3. The summed E-state index contributed by atoms with van der Waals surface area (Å²) in [5.74, 6) is 1.22. The number of hydrogen-bond donors (Lipinski definition) is 0. The Morgan fingerprint density at radius 3 is 2.93 bits per heavy atom. The molecular weight excluding hydrogens is 176 g/mol. The van der Waals surface area contributed by atoms with Gasteiger partial charge in [-0.25, -0.2) is 4.98 Å². The van der Waals surface area contributed by atoms with Gasteiger partial charge >= 0.3 is 0 Å². The number of nitriles is 1. The van der Waals surface area contributed by atoms with Crippen molar-refractivity contribution in [3.63, 3.8) is 0 Å². The summed E-state index contributed by atoms with van der Waals surface area (Å²) in [6.07, 6.45) is 2.86. The van der Waals surface area contributed by atoms with E-state index in [-0.39, 0.29) is 0 Å². The van der Waals surface area contributed by atoms with Crippen molar-refractivity contribution in [3.8, 4) is 11.9 Å². The molecule has 0 atom stereocenters. The van der Waals surface area contributed by atoms with Gasteiger partial charge in [0.15, 0.2) is 0 Å². The summed E-state index contributed by atoms with van der Waals surface area (Å²) >= 11 is 0. The first-order chi connectivity index (χ1) is 6.83. The first kappa shape index (κ1) is 9.01. The second-order valence-electron chi connectivity index (χ2n) is 3.55. The second kappa shape index (κ2) is 3.67. The number of ether oxygens (including phenoxy) is 1. The molecule has 2 rings (SSSR count). The van der Waals surface area contributed by atoms with E-state index in [1.54, 1.807) is 7.11 Å². The molecule has 0 amide bonds. The Bertz CT molecular complexity index is 377. The van der Waals surface area contributed by atoms with E-state index in [2.05, 4.69) is 11.1 Å². The Kier molecular flexibility index (Phi) is 2.36. The van der Waals surface area contributed by atoms with E-state index in [9.17, 15) is 0 Å². The number of methoxy groups -OCH3 is 1. The molecule has 0 spiro atoms. The number of pyridine rings is 1. The molecule has 0 radical (unpaired) electrons. The van der Waals surface area contributed by atoms with Crippen molar-refractivity contribution in [2.24, 2.45) is 0 Å². The largest absolute Gasteiger partial charge is 0.481 e. The van der Waals surface area contributed by atoms with Crippen molar-refractivity contribution in [1.29, 1.82) is 5.26 Å². The highest BCUT2D eigenvalue weighted by Crippen LogP contribution is 2.39. The number of hydrogen-bond acceptors (Lipinski definition) is 3. The molecule has 0 bridgehead atoms. The third kappa shape index (κ3) is 1.85. The molecule has 0 aliphatic heterocycles. The van der Waals surface area contributed by atoms with E-state index in [0.717, 1.165) is 11.3 Å². The van der Waals surface area contributed by atoms with E-state index in [4.69, 9.17) is 10.00 Å². The highest BCUT2D eigenvalue weighted by Gasteiger charge is 2.25. The summed E-state index contributed by atoms with van der Waals surface area (Å²) in [5.41, 5.74) is 2.08. The summed E-state index contributed by atoms with van der Waals surface area (Å²) in [6.45, 7) is 0. The Balaban J connectivity index is 2.31. The first-order valence-corrected chi connectivity index (χ1v) is 4.75. The van der Waals surface area contributed by atoms with Crippen LogP contribution in [0.25, 0.3) is 0 Å². The van der Waals surface area contributed by atoms with Crippen molar-refractivity contribution in [2.75, 3.05) is 7.11 Å². The number of rotatable bonds is 3. The van der Waals surface area contributed by atoms with Gasteiger partial charge in [0, 0.05) is 17.7 Å². The number of aromatic nitrogens is 1. The molecule has 1 aliphatic rings. The van der Waals surface area contributed by atoms with Gasteiger partial charge < -0.3 is 4.74 Å². The average molecular weight is 188 g/mol. The zero-order valence-electron chi connectivity index (χ0n) is 8.16. The molecule has 0 N–H and O–H groups in total. The smallest absolute Gasteiger partial charge is 0.213 e. The van der Waals surface area contributed by atoms with Crippen LogP contribution in [-0.2, 0) is 6.42 Å². The van der Waals surface area contributed by atoms with Gasteiger partial charge in [0.05, 0.1) is 19.6 Å². The Labute approximate surface area is 83.3 Å². The van der Waals surface area contributed by atoms with Crippen molar-refractivity contribution >= 4 is 0 Å². The minimum Gasteiger partial charge on any atom is -0.481 e. The fraction of sp³-hybridized carbons (Fsp3) is 0.455. The van der Waals surface area contributed by atoms with Crippen molar-refractivity contribution in [2.45, 2.75) is 25.2 Å². The minimum absolute atomic E-state index is 0.429. The predicted octanol–water partition coefficient (Wildman–Crippen LogP) is 2.03. The molecule has 1 saturated carbocycles. The molecule has 1 heterocycles. The summed E-state index contributed by atoms with van der Waals surface area (Å²) in [4.78, 5) is 4.36. The molecule has 0 aromatic carbocycles. The first-order valence-electron chi connectivity index (χ1n) is 4.75. The lowest BCUT2D eigenvalue weighted by molar-refractivity contribution is 0.396. The Hall–Kier alpha value is -1.56. The molecule has 72 valence electrons. The predicted molar refractivity (Wildman–Crippen MR) is 52.1 cm³/mol. The van der Waals surface area contributed by atoms with E-state index in [1.807, 2.05) is 12.1 Å². The quantitative estimate of drug-likeness (QED) is 0.729. The molecule has 3 heteroatoms. The minimum atomic E-state index is 0.429. The van der Waals surface area contributed by atoms with Crippen molar-refractivity contribution in [1.82, 2.24) is 4.98 Å². The van der Waals surface area contributed by atoms with Crippen molar-refractivity contribution in [3.05, 3.63) is 23.4 Å². The molecule has 1 aromatic rings. The van der Waals surface area contributed by atoms with Gasteiger partial charge in [0.2, 0.25) is 5.88 Å². The third-order valence-electron chi connectivity index (χ3n) is 2.37. The van der Waals surface area contributed by atoms with E-state index >= 15 is 0 Å². The SMILES string of the molecule is COc1cc(CC#N)cc(C2CC2)n1. The fourth-order valence-corrected chi connectivity index (χ4v) is 1.47. The van der Waals surface area contributed by atoms with Crippen LogP contribution in [-0.4, -0.2) is 12.1 Å². The average Bonchev–Trinajstić information content (AvgIpc) is 3.01. The van der Waals surface area contributed by atoms with Gasteiger partial charge in [-0.2, -0.15) is 5.26 Å². The van der Waals surface area contributed by atoms with Crippen molar-refractivity contribution < 1.29 is 4.74 Å². The zero-order valence-corrected chi connectivity index (χ0v) is 8.16. The molecule has 1 aliphatic carbocycles. The Morgan fingerprint density at radius 1 is 1.57 bits per heavy atom. The number of nitrogens with zero attached hydrogens (tertiary/aromatic N) is 2. The lowest BCUT2D eigenvalue weighted by Crippen LogP contribution is -1.95. The molecule has 0 unspecified atom stereocenters. The van der Waals surface area contributed by atoms with Gasteiger partial charge in [0.25, 0.3) is 0 Å². The molecule has 3 nitrogen and oxygen atoms in total. The Morgan fingerprint density at radius 2 is 2.36 bits per heavy atom. The van der Waals surface area contributed by atoms with Crippen LogP contribution in [0.15, 0.2) is 12.1 Å². The summed E-state index contributed by atoms with van der Waals surface area (Å²) in [6, 6.07) is 5.98. The normalized spacial score (nSPS) is 14.9. The highest BCUT2D eigenvalue weighted by molar-refractivity contribution is 5.30. The monoisotopic (exact) mass is 188 g/mol. The fourth-order valence-electron chi connectivity index (χ4n) is 1.47. The lowest BCUT2D eigenvalue weighted by Gasteiger charge is -2.04. The molecular formula is C11H12N2O. The van der Waals surface area contributed by atoms with E-state index in [1.165, 1.54) is 12.8 Å². The summed E-state index contributed by atoms with van der Waals surface area (Å²) in [7, 11) is 1.61.